The average molecular weight is 233 g/mol. The number of amides is 1. The maximum absolute atomic E-state index is 11.8. The van der Waals surface area contributed by atoms with Gasteiger partial charge in [-0.15, -0.1) is 0 Å². The van der Waals surface area contributed by atoms with E-state index in [-0.39, 0.29) is 5.91 Å². The molecule has 0 aliphatic heterocycles. The minimum atomic E-state index is -0.434. The number of aryl methyl sites for hydroxylation is 1. The summed E-state index contributed by atoms with van der Waals surface area (Å²) in [6, 6.07) is 6.27. The number of carbonyl (C=O) groups is 1. The summed E-state index contributed by atoms with van der Waals surface area (Å²) in [5.41, 5.74) is 2.27. The topological polar surface area (TPSA) is 38.3 Å². The van der Waals surface area contributed by atoms with Crippen LogP contribution in [-0.4, -0.2) is 18.1 Å². The molecular formula is C14H19NO2. The van der Waals surface area contributed by atoms with Crippen LogP contribution in [0.2, 0.25) is 0 Å². The number of nitrogens with one attached hydrogen (secondary N) is 1. The molecule has 0 bridgehead atoms. The van der Waals surface area contributed by atoms with Crippen molar-refractivity contribution in [2.75, 3.05) is 0 Å². The molecule has 0 heterocycles. The summed E-state index contributed by atoms with van der Waals surface area (Å²) in [6.07, 6.45) is 1.76. The van der Waals surface area contributed by atoms with Gasteiger partial charge in [0.1, 0.15) is 5.75 Å². The second-order valence-electron chi connectivity index (χ2n) is 4.74. The minimum Gasteiger partial charge on any atom is -0.481 e. The van der Waals surface area contributed by atoms with Gasteiger partial charge in [0.05, 0.1) is 0 Å². The molecule has 1 atom stereocenters. The molecule has 1 N–H and O–H groups in total. The van der Waals surface area contributed by atoms with E-state index < -0.39 is 6.10 Å². The van der Waals surface area contributed by atoms with Gasteiger partial charge in [0, 0.05) is 6.04 Å². The summed E-state index contributed by atoms with van der Waals surface area (Å²) in [7, 11) is 0. The molecule has 1 aromatic carbocycles. The highest BCUT2D eigenvalue weighted by atomic mass is 16.5. The molecule has 3 nitrogen and oxygen atoms in total. The van der Waals surface area contributed by atoms with Crippen molar-refractivity contribution in [2.45, 2.75) is 45.8 Å². The first-order valence-corrected chi connectivity index (χ1v) is 6.11. The zero-order chi connectivity index (χ0) is 12.4. The molecule has 0 spiro atoms. The monoisotopic (exact) mass is 233 g/mol. The SMILES string of the molecule is Cc1cccc(O[C@H](C)C(=O)NC2CC2)c1C. The van der Waals surface area contributed by atoms with Crippen LogP contribution in [0.5, 0.6) is 5.75 Å². The molecule has 1 aliphatic rings. The predicted molar refractivity (Wildman–Crippen MR) is 67.2 cm³/mol. The van der Waals surface area contributed by atoms with E-state index in [1.54, 1.807) is 6.92 Å². The van der Waals surface area contributed by atoms with Crippen molar-refractivity contribution in [1.82, 2.24) is 5.32 Å². The molecule has 17 heavy (non-hydrogen) atoms. The van der Waals surface area contributed by atoms with E-state index in [9.17, 15) is 4.79 Å². The van der Waals surface area contributed by atoms with Crippen LogP contribution in [0.4, 0.5) is 0 Å². The van der Waals surface area contributed by atoms with E-state index in [4.69, 9.17) is 4.74 Å². The minimum absolute atomic E-state index is 0.0200. The van der Waals surface area contributed by atoms with E-state index >= 15 is 0 Å². The average Bonchev–Trinajstić information content (AvgIpc) is 3.08. The molecule has 0 unspecified atom stereocenters. The number of benzene rings is 1. The Morgan fingerprint density at radius 3 is 2.76 bits per heavy atom. The Balaban J connectivity index is 1.99. The fourth-order valence-electron chi connectivity index (χ4n) is 1.64. The molecule has 1 aliphatic carbocycles. The largest absolute Gasteiger partial charge is 0.481 e. The molecular weight excluding hydrogens is 214 g/mol. The van der Waals surface area contributed by atoms with E-state index in [1.165, 1.54) is 5.56 Å². The van der Waals surface area contributed by atoms with Crippen LogP contribution in [0.25, 0.3) is 0 Å². The Labute approximate surface area is 102 Å². The lowest BCUT2D eigenvalue weighted by Gasteiger charge is -2.16. The number of hydrogen-bond donors (Lipinski definition) is 1. The van der Waals surface area contributed by atoms with Gasteiger partial charge in [-0.3, -0.25) is 4.79 Å². The zero-order valence-electron chi connectivity index (χ0n) is 10.6. The van der Waals surface area contributed by atoms with Gasteiger partial charge in [-0.25, -0.2) is 0 Å². The molecule has 1 aromatic rings. The molecule has 0 saturated heterocycles. The third kappa shape index (κ3) is 2.99. The van der Waals surface area contributed by atoms with Crippen LogP contribution < -0.4 is 10.1 Å². The number of ether oxygens (including phenoxy) is 1. The van der Waals surface area contributed by atoms with Gasteiger partial charge in [-0.05, 0) is 50.8 Å². The van der Waals surface area contributed by atoms with Gasteiger partial charge < -0.3 is 10.1 Å². The Morgan fingerprint density at radius 2 is 2.12 bits per heavy atom. The number of rotatable bonds is 4. The predicted octanol–water partition coefficient (Wildman–Crippen LogP) is 2.35. The maximum Gasteiger partial charge on any atom is 0.260 e. The zero-order valence-corrected chi connectivity index (χ0v) is 10.6. The van der Waals surface area contributed by atoms with E-state index in [2.05, 4.69) is 5.32 Å². The van der Waals surface area contributed by atoms with Crippen molar-refractivity contribution in [3.8, 4) is 5.75 Å². The number of hydrogen-bond acceptors (Lipinski definition) is 2. The maximum atomic E-state index is 11.8. The first-order valence-electron chi connectivity index (χ1n) is 6.11. The molecule has 1 amide bonds. The van der Waals surface area contributed by atoms with Crippen LogP contribution in [0.1, 0.15) is 30.9 Å². The van der Waals surface area contributed by atoms with Crippen molar-refractivity contribution in [2.24, 2.45) is 0 Å². The summed E-state index contributed by atoms with van der Waals surface area (Å²) < 4.78 is 5.70. The normalized spacial score (nSPS) is 16.4. The van der Waals surface area contributed by atoms with Crippen molar-refractivity contribution >= 4 is 5.91 Å². The van der Waals surface area contributed by atoms with Crippen molar-refractivity contribution < 1.29 is 9.53 Å². The van der Waals surface area contributed by atoms with Crippen LogP contribution >= 0.6 is 0 Å². The van der Waals surface area contributed by atoms with Crippen molar-refractivity contribution in [3.63, 3.8) is 0 Å². The smallest absolute Gasteiger partial charge is 0.260 e. The van der Waals surface area contributed by atoms with Gasteiger partial charge in [-0.1, -0.05) is 12.1 Å². The third-order valence-electron chi connectivity index (χ3n) is 3.15. The summed E-state index contributed by atoms with van der Waals surface area (Å²) in [6.45, 7) is 5.84. The van der Waals surface area contributed by atoms with Crippen LogP contribution in [0, 0.1) is 13.8 Å². The van der Waals surface area contributed by atoms with E-state index in [0.717, 1.165) is 24.2 Å². The second kappa shape index (κ2) is 4.78. The van der Waals surface area contributed by atoms with E-state index in [0.29, 0.717) is 6.04 Å². The van der Waals surface area contributed by atoms with Gasteiger partial charge in [-0.2, -0.15) is 0 Å². The molecule has 0 aromatic heterocycles. The first-order chi connectivity index (χ1) is 8.08. The lowest BCUT2D eigenvalue weighted by atomic mass is 10.1. The Morgan fingerprint density at radius 1 is 1.41 bits per heavy atom. The fourth-order valence-corrected chi connectivity index (χ4v) is 1.64. The third-order valence-corrected chi connectivity index (χ3v) is 3.15. The van der Waals surface area contributed by atoms with Crippen LogP contribution in [0.3, 0.4) is 0 Å². The highest BCUT2D eigenvalue weighted by molar-refractivity contribution is 5.81. The summed E-state index contributed by atoms with van der Waals surface area (Å²) in [4.78, 5) is 11.8. The molecule has 1 fully saturated rings. The van der Waals surface area contributed by atoms with Gasteiger partial charge in [0.15, 0.2) is 6.10 Å². The highest BCUT2D eigenvalue weighted by Crippen LogP contribution is 2.22. The lowest BCUT2D eigenvalue weighted by Crippen LogP contribution is -2.37. The molecule has 0 radical (unpaired) electrons. The van der Waals surface area contributed by atoms with Gasteiger partial charge in [0.2, 0.25) is 0 Å². The molecule has 92 valence electrons. The standard InChI is InChI=1S/C14H19NO2/c1-9-5-4-6-13(10(9)2)17-11(3)14(16)15-12-7-8-12/h4-6,11-12H,7-8H2,1-3H3,(H,15,16)/t11-/m1/s1. The molecule has 2 rings (SSSR count). The second-order valence-corrected chi connectivity index (χ2v) is 4.74. The van der Waals surface area contributed by atoms with Crippen molar-refractivity contribution in [3.05, 3.63) is 29.3 Å². The lowest BCUT2D eigenvalue weighted by molar-refractivity contribution is -0.127. The van der Waals surface area contributed by atoms with Gasteiger partial charge in [0.25, 0.3) is 5.91 Å². The highest BCUT2D eigenvalue weighted by Gasteiger charge is 2.26. The van der Waals surface area contributed by atoms with E-state index in [1.807, 2.05) is 32.0 Å². The van der Waals surface area contributed by atoms with Crippen LogP contribution in [-0.2, 0) is 4.79 Å². The molecule has 3 heteroatoms. The number of carbonyl (C=O) groups excluding carboxylic acids is 1. The summed E-state index contributed by atoms with van der Waals surface area (Å²) >= 11 is 0. The van der Waals surface area contributed by atoms with Gasteiger partial charge >= 0.3 is 0 Å². The first kappa shape index (κ1) is 12.0. The molecule has 1 saturated carbocycles. The Kier molecular flexibility index (Phi) is 3.36. The van der Waals surface area contributed by atoms with Crippen molar-refractivity contribution in [1.29, 1.82) is 0 Å². The quantitative estimate of drug-likeness (QED) is 0.867. The fraction of sp³-hybridized carbons (Fsp3) is 0.500. The summed E-state index contributed by atoms with van der Waals surface area (Å²) in [5.74, 6) is 0.775. The van der Waals surface area contributed by atoms with Crippen LogP contribution in [0.15, 0.2) is 18.2 Å². The Hall–Kier alpha value is -1.51. The summed E-state index contributed by atoms with van der Waals surface area (Å²) in [5, 5.41) is 2.94. The Bertz CT molecular complexity index is 424.